The molecular formula is C16H11Cl2FO3. The number of carboxylic acid groups (broad SMARTS) is 1. The van der Waals surface area contributed by atoms with Gasteiger partial charge in [-0.05, 0) is 42.7 Å². The molecular weight excluding hydrogens is 330 g/mol. The van der Waals surface area contributed by atoms with Crippen molar-refractivity contribution in [3.63, 3.8) is 0 Å². The molecule has 22 heavy (non-hydrogen) atoms. The van der Waals surface area contributed by atoms with E-state index in [9.17, 15) is 19.4 Å². The minimum absolute atomic E-state index is 0.112. The third-order valence-corrected chi connectivity index (χ3v) is 4.73. The SMILES string of the molecule is O=C(O)C1(c2cc(F)c(-c3ccc(Cl)c(Cl)c3)cc2O)CC1. The molecule has 0 saturated heterocycles. The van der Waals surface area contributed by atoms with Crippen LogP contribution in [0, 0.1) is 5.82 Å². The van der Waals surface area contributed by atoms with Crippen LogP contribution in [0.3, 0.4) is 0 Å². The number of aromatic hydroxyl groups is 1. The average Bonchev–Trinajstić information content (AvgIpc) is 3.25. The fourth-order valence-electron chi connectivity index (χ4n) is 2.55. The zero-order valence-electron chi connectivity index (χ0n) is 11.2. The Balaban J connectivity index is 2.10. The third kappa shape index (κ3) is 2.32. The fraction of sp³-hybridized carbons (Fsp3) is 0.188. The normalized spacial score (nSPS) is 15.6. The molecule has 0 radical (unpaired) electrons. The Morgan fingerprint density at radius 1 is 1.14 bits per heavy atom. The van der Waals surface area contributed by atoms with Crippen LogP contribution in [-0.2, 0) is 10.2 Å². The first-order valence-electron chi connectivity index (χ1n) is 6.57. The number of benzene rings is 2. The molecule has 0 aromatic heterocycles. The maximum absolute atomic E-state index is 14.4. The highest BCUT2D eigenvalue weighted by Crippen LogP contribution is 2.52. The number of aliphatic carboxylic acids is 1. The topological polar surface area (TPSA) is 57.5 Å². The summed E-state index contributed by atoms with van der Waals surface area (Å²) in [7, 11) is 0. The van der Waals surface area contributed by atoms with Crippen LogP contribution in [0.5, 0.6) is 5.75 Å². The summed E-state index contributed by atoms with van der Waals surface area (Å²) in [5.74, 6) is -1.90. The van der Waals surface area contributed by atoms with E-state index in [1.54, 1.807) is 6.07 Å². The van der Waals surface area contributed by atoms with Gasteiger partial charge in [0.05, 0.1) is 15.5 Å². The molecule has 0 heterocycles. The summed E-state index contributed by atoms with van der Waals surface area (Å²) in [5, 5.41) is 20.0. The summed E-state index contributed by atoms with van der Waals surface area (Å²) in [6.07, 6.45) is 0.781. The van der Waals surface area contributed by atoms with Crippen LogP contribution in [-0.4, -0.2) is 16.2 Å². The molecule has 3 nitrogen and oxygen atoms in total. The van der Waals surface area contributed by atoms with Crippen LogP contribution >= 0.6 is 23.2 Å². The van der Waals surface area contributed by atoms with Crippen LogP contribution in [0.2, 0.25) is 10.0 Å². The molecule has 114 valence electrons. The van der Waals surface area contributed by atoms with E-state index in [0.29, 0.717) is 23.4 Å². The molecule has 1 fully saturated rings. The molecule has 1 aliphatic rings. The van der Waals surface area contributed by atoms with Crippen LogP contribution in [0.4, 0.5) is 4.39 Å². The first-order valence-corrected chi connectivity index (χ1v) is 7.32. The van der Waals surface area contributed by atoms with Crippen molar-refractivity contribution in [3.8, 4) is 16.9 Å². The smallest absolute Gasteiger partial charge is 0.314 e. The van der Waals surface area contributed by atoms with Crippen molar-refractivity contribution in [3.05, 3.63) is 51.8 Å². The molecule has 2 N–H and O–H groups in total. The number of rotatable bonds is 3. The van der Waals surface area contributed by atoms with Gasteiger partial charge in [-0.2, -0.15) is 0 Å². The van der Waals surface area contributed by atoms with Crippen molar-refractivity contribution in [1.29, 1.82) is 0 Å². The molecule has 3 rings (SSSR count). The van der Waals surface area contributed by atoms with E-state index in [1.807, 2.05) is 0 Å². The van der Waals surface area contributed by atoms with E-state index in [2.05, 4.69) is 0 Å². The summed E-state index contributed by atoms with van der Waals surface area (Å²) in [6.45, 7) is 0. The van der Waals surface area contributed by atoms with E-state index < -0.39 is 17.2 Å². The molecule has 0 unspecified atom stereocenters. The Morgan fingerprint density at radius 3 is 2.36 bits per heavy atom. The van der Waals surface area contributed by atoms with Crippen LogP contribution in [0.15, 0.2) is 30.3 Å². The standard InChI is InChI=1S/C16H11Cl2FO3/c17-11-2-1-8(5-12(11)18)9-6-14(20)10(7-13(9)19)16(3-4-16)15(21)22/h1-2,5-7,20H,3-4H2,(H,21,22). The second kappa shape index (κ2) is 5.14. The minimum Gasteiger partial charge on any atom is -0.508 e. The lowest BCUT2D eigenvalue weighted by Crippen LogP contribution is -2.19. The molecule has 2 aromatic carbocycles. The summed E-state index contributed by atoms with van der Waals surface area (Å²) in [5.41, 5.74) is -0.461. The summed E-state index contributed by atoms with van der Waals surface area (Å²) in [6, 6.07) is 6.92. The van der Waals surface area contributed by atoms with E-state index >= 15 is 0 Å². The van der Waals surface area contributed by atoms with Crippen molar-refractivity contribution >= 4 is 29.2 Å². The largest absolute Gasteiger partial charge is 0.508 e. The van der Waals surface area contributed by atoms with Crippen molar-refractivity contribution in [2.24, 2.45) is 0 Å². The van der Waals surface area contributed by atoms with Gasteiger partial charge in [0.2, 0.25) is 0 Å². The van der Waals surface area contributed by atoms with Gasteiger partial charge < -0.3 is 10.2 Å². The van der Waals surface area contributed by atoms with Gasteiger partial charge in [0.25, 0.3) is 0 Å². The second-order valence-corrected chi connectivity index (χ2v) is 6.18. The molecule has 0 bridgehead atoms. The van der Waals surface area contributed by atoms with E-state index in [0.717, 1.165) is 6.07 Å². The Bertz CT molecular complexity index is 785. The lowest BCUT2D eigenvalue weighted by Gasteiger charge is -2.14. The summed E-state index contributed by atoms with van der Waals surface area (Å²) >= 11 is 11.7. The Hall–Kier alpha value is -1.78. The second-order valence-electron chi connectivity index (χ2n) is 5.37. The average molecular weight is 341 g/mol. The minimum atomic E-state index is -1.17. The molecule has 0 aliphatic heterocycles. The van der Waals surface area contributed by atoms with E-state index in [1.165, 1.54) is 18.2 Å². The lowest BCUT2D eigenvalue weighted by atomic mass is 9.92. The Kier molecular flexibility index (Phi) is 3.54. The summed E-state index contributed by atoms with van der Waals surface area (Å²) in [4.78, 5) is 11.3. The molecule has 1 aliphatic carbocycles. The van der Waals surface area contributed by atoms with Gasteiger partial charge in [0.15, 0.2) is 0 Å². The Labute approximate surface area is 135 Å². The highest BCUT2D eigenvalue weighted by atomic mass is 35.5. The highest BCUT2D eigenvalue weighted by Gasteiger charge is 2.53. The highest BCUT2D eigenvalue weighted by molar-refractivity contribution is 6.42. The van der Waals surface area contributed by atoms with Gasteiger partial charge in [-0.25, -0.2) is 4.39 Å². The molecule has 0 atom stereocenters. The number of hydrogen-bond acceptors (Lipinski definition) is 2. The first-order chi connectivity index (χ1) is 10.3. The number of halogens is 3. The molecule has 2 aromatic rings. The number of carbonyl (C=O) groups is 1. The summed E-state index contributed by atoms with van der Waals surface area (Å²) < 4.78 is 14.4. The number of hydrogen-bond donors (Lipinski definition) is 2. The van der Waals surface area contributed by atoms with Crippen LogP contribution in [0.25, 0.3) is 11.1 Å². The number of carboxylic acids is 1. The monoisotopic (exact) mass is 340 g/mol. The van der Waals surface area contributed by atoms with Gasteiger partial charge in [0.1, 0.15) is 11.6 Å². The number of phenols is 1. The van der Waals surface area contributed by atoms with Crippen molar-refractivity contribution in [2.45, 2.75) is 18.3 Å². The van der Waals surface area contributed by atoms with E-state index in [4.69, 9.17) is 23.2 Å². The van der Waals surface area contributed by atoms with Crippen LogP contribution < -0.4 is 0 Å². The maximum Gasteiger partial charge on any atom is 0.314 e. The fourth-order valence-corrected chi connectivity index (χ4v) is 2.85. The predicted molar refractivity (Wildman–Crippen MR) is 82.1 cm³/mol. The predicted octanol–water partition coefficient (Wildman–Crippen LogP) is 4.62. The zero-order valence-corrected chi connectivity index (χ0v) is 12.7. The van der Waals surface area contributed by atoms with Gasteiger partial charge in [-0.1, -0.05) is 29.3 Å². The van der Waals surface area contributed by atoms with Crippen molar-refractivity contribution in [2.75, 3.05) is 0 Å². The van der Waals surface area contributed by atoms with Crippen molar-refractivity contribution < 1.29 is 19.4 Å². The Morgan fingerprint density at radius 2 is 1.82 bits per heavy atom. The molecule has 1 saturated carbocycles. The molecule has 0 amide bonds. The van der Waals surface area contributed by atoms with Gasteiger partial charge >= 0.3 is 5.97 Å². The quantitative estimate of drug-likeness (QED) is 0.856. The van der Waals surface area contributed by atoms with Crippen LogP contribution in [0.1, 0.15) is 18.4 Å². The molecule has 6 heteroatoms. The number of phenolic OH excluding ortho intramolecular Hbond substituents is 1. The molecule has 0 spiro atoms. The van der Waals surface area contributed by atoms with Gasteiger partial charge in [-0.3, -0.25) is 4.79 Å². The van der Waals surface area contributed by atoms with Crippen molar-refractivity contribution in [1.82, 2.24) is 0 Å². The van der Waals surface area contributed by atoms with E-state index in [-0.39, 0.29) is 21.9 Å². The maximum atomic E-state index is 14.4. The third-order valence-electron chi connectivity index (χ3n) is 3.99. The van der Waals surface area contributed by atoms with Gasteiger partial charge in [-0.15, -0.1) is 0 Å². The zero-order chi connectivity index (χ0) is 16.1. The van der Waals surface area contributed by atoms with Gasteiger partial charge in [0, 0.05) is 11.1 Å². The first kappa shape index (κ1) is 15.1. The lowest BCUT2D eigenvalue weighted by molar-refractivity contribution is -0.140.